The number of rotatable bonds is 20. The van der Waals surface area contributed by atoms with Crippen molar-refractivity contribution in [1.82, 2.24) is 18.7 Å². The van der Waals surface area contributed by atoms with Crippen LogP contribution in [-0.4, -0.2) is 45.6 Å². The highest BCUT2D eigenvalue weighted by Crippen LogP contribution is 2.27. The Morgan fingerprint density at radius 3 is 1.88 bits per heavy atom. The van der Waals surface area contributed by atoms with E-state index in [2.05, 4.69) is 12.0 Å². The lowest BCUT2D eigenvalue weighted by Gasteiger charge is -2.17. The number of benzene rings is 2. The van der Waals surface area contributed by atoms with Crippen molar-refractivity contribution in [2.24, 2.45) is 0 Å². The van der Waals surface area contributed by atoms with Gasteiger partial charge in [-0.15, -0.1) is 0 Å². The van der Waals surface area contributed by atoms with E-state index in [0.29, 0.717) is 18.7 Å². The number of nitro benzene ring substituents is 1. The summed E-state index contributed by atoms with van der Waals surface area (Å²) in [5.74, 6) is 0. The summed E-state index contributed by atoms with van der Waals surface area (Å²) in [5.41, 5.74) is -2.19. The van der Waals surface area contributed by atoms with Gasteiger partial charge in [-0.05, 0) is 30.7 Å². The van der Waals surface area contributed by atoms with Gasteiger partial charge < -0.3 is 0 Å². The first kappa shape index (κ1) is 34.0. The molecule has 0 saturated carbocycles. The maximum absolute atomic E-state index is 13.2. The number of aromatic nitrogens is 3. The van der Waals surface area contributed by atoms with Gasteiger partial charge in [0.1, 0.15) is 5.69 Å². The number of nitrogens with one attached hydrogen (secondary N) is 1. The van der Waals surface area contributed by atoms with Crippen LogP contribution in [0, 0.1) is 10.1 Å². The fourth-order valence-electron chi connectivity index (χ4n) is 5.18. The molecule has 2 aromatic carbocycles. The molecule has 0 fully saturated rings. The van der Waals surface area contributed by atoms with Crippen LogP contribution in [-0.2, 0) is 10.0 Å². The van der Waals surface area contributed by atoms with Crippen LogP contribution in [0.1, 0.15) is 96.8 Å². The van der Waals surface area contributed by atoms with Crippen LogP contribution in [0.3, 0.4) is 0 Å². The second-order valence-electron chi connectivity index (χ2n) is 11.0. The van der Waals surface area contributed by atoms with E-state index in [1.54, 1.807) is 30.3 Å². The van der Waals surface area contributed by atoms with Gasteiger partial charge in [-0.2, -0.15) is 4.68 Å². The molecule has 0 atom stereocenters. The molecule has 0 bridgehead atoms. The van der Waals surface area contributed by atoms with Crippen LogP contribution < -0.4 is 11.4 Å². The number of para-hydroxylation sites is 1. The normalized spacial score (nSPS) is 11.8. The third kappa shape index (κ3) is 9.49. The zero-order chi connectivity index (χ0) is 31.2. The van der Waals surface area contributed by atoms with Crippen LogP contribution in [0.25, 0.3) is 11.4 Å². The minimum Gasteiger partial charge on any atom is -0.258 e. The fourth-order valence-corrected chi connectivity index (χ4v) is 6.41. The number of H-pyrrole nitrogens is 1. The zero-order valence-corrected chi connectivity index (χ0v) is 26.2. The molecule has 3 rings (SSSR count). The van der Waals surface area contributed by atoms with Crippen molar-refractivity contribution in [3.8, 4) is 11.4 Å². The predicted molar refractivity (Wildman–Crippen MR) is 169 cm³/mol. The first-order valence-electron chi connectivity index (χ1n) is 15.4. The average molecular weight is 616 g/mol. The summed E-state index contributed by atoms with van der Waals surface area (Å²) in [6.45, 7) is 2.53. The van der Waals surface area contributed by atoms with Crippen LogP contribution >= 0.6 is 0 Å². The molecule has 0 aliphatic heterocycles. The molecular weight excluding hydrogens is 570 g/mol. The molecule has 12 heteroatoms. The van der Waals surface area contributed by atoms with E-state index in [-0.39, 0.29) is 10.6 Å². The van der Waals surface area contributed by atoms with Gasteiger partial charge >= 0.3 is 11.4 Å². The quantitative estimate of drug-likeness (QED) is 0.0895. The van der Waals surface area contributed by atoms with E-state index in [1.165, 1.54) is 81.6 Å². The molecule has 0 amide bonds. The number of hydrogen-bond acceptors (Lipinski definition) is 6. The number of sulfonamides is 1. The second-order valence-corrected chi connectivity index (χ2v) is 13.1. The molecule has 11 nitrogen and oxygen atoms in total. The average Bonchev–Trinajstić information content (AvgIpc) is 3.30. The smallest absolute Gasteiger partial charge is 0.258 e. The van der Waals surface area contributed by atoms with Gasteiger partial charge in [0.25, 0.3) is 5.69 Å². The second kappa shape index (κ2) is 17.0. The summed E-state index contributed by atoms with van der Waals surface area (Å²) < 4.78 is 29.2. The van der Waals surface area contributed by atoms with Crippen LogP contribution in [0.5, 0.6) is 0 Å². The largest absolute Gasteiger partial charge is 0.356 e. The molecule has 0 aliphatic rings. The van der Waals surface area contributed by atoms with Crippen LogP contribution in [0.2, 0.25) is 0 Å². The van der Waals surface area contributed by atoms with E-state index in [1.807, 2.05) is 0 Å². The first-order valence-corrected chi connectivity index (χ1v) is 16.9. The molecule has 0 aliphatic carbocycles. The molecule has 1 aromatic heterocycles. The summed E-state index contributed by atoms with van der Waals surface area (Å²) in [5, 5.41) is 14.2. The summed E-state index contributed by atoms with van der Waals surface area (Å²) >= 11 is 0. The number of hydrogen-bond donors (Lipinski definition) is 1. The Labute approximate surface area is 253 Å². The Kier molecular flexibility index (Phi) is 13.4. The van der Waals surface area contributed by atoms with Crippen LogP contribution in [0.15, 0.2) is 63.0 Å². The lowest BCUT2D eigenvalue weighted by Crippen LogP contribution is -2.28. The van der Waals surface area contributed by atoms with Crippen molar-refractivity contribution >= 4 is 15.7 Å². The highest BCUT2D eigenvalue weighted by molar-refractivity contribution is 7.89. The standard InChI is InChI=1S/C31H45N5O6S/c1-3-4-5-6-7-8-9-10-11-12-13-14-15-19-24-33(2)43(41,42)27-22-23-28(29(25-27)36(39)40)35-31(38)34(30(37)32-35)26-20-17-16-18-21-26/h16-18,20-23,25H,3-15,19,24H2,1-2H3,(H,32,37). The van der Waals surface area contributed by atoms with Gasteiger partial charge in [0, 0.05) is 19.7 Å². The molecule has 0 radical (unpaired) electrons. The Bertz CT molecular complexity index is 1530. The summed E-state index contributed by atoms with van der Waals surface area (Å²) in [4.78, 5) is 36.4. The van der Waals surface area contributed by atoms with Gasteiger partial charge in [-0.1, -0.05) is 109 Å². The van der Waals surface area contributed by atoms with Crippen molar-refractivity contribution in [2.45, 2.75) is 102 Å². The van der Waals surface area contributed by atoms with Gasteiger partial charge in [0.2, 0.25) is 10.0 Å². The maximum Gasteiger partial charge on any atom is 0.356 e. The highest BCUT2D eigenvalue weighted by Gasteiger charge is 2.27. The Balaban J connectivity index is 1.53. The van der Waals surface area contributed by atoms with Crippen molar-refractivity contribution in [3.63, 3.8) is 0 Å². The molecule has 0 spiro atoms. The molecule has 1 N–H and O–H groups in total. The van der Waals surface area contributed by atoms with E-state index < -0.39 is 32.0 Å². The lowest BCUT2D eigenvalue weighted by atomic mass is 10.0. The van der Waals surface area contributed by atoms with E-state index in [4.69, 9.17) is 0 Å². The number of nitro groups is 1. The molecule has 0 saturated heterocycles. The van der Waals surface area contributed by atoms with Gasteiger partial charge in [-0.3, -0.25) is 10.1 Å². The van der Waals surface area contributed by atoms with E-state index >= 15 is 0 Å². The highest BCUT2D eigenvalue weighted by atomic mass is 32.2. The third-order valence-corrected chi connectivity index (χ3v) is 9.58. The molecule has 0 unspecified atom stereocenters. The minimum atomic E-state index is -4.00. The Morgan fingerprint density at radius 2 is 1.35 bits per heavy atom. The molecular formula is C31H45N5O6S. The molecule has 236 valence electrons. The molecule has 3 aromatic rings. The summed E-state index contributed by atoms with van der Waals surface area (Å²) in [6, 6.07) is 11.4. The van der Waals surface area contributed by atoms with Crippen molar-refractivity contribution in [1.29, 1.82) is 0 Å². The molecule has 43 heavy (non-hydrogen) atoms. The zero-order valence-electron chi connectivity index (χ0n) is 25.4. The van der Waals surface area contributed by atoms with E-state index in [9.17, 15) is 28.1 Å². The maximum atomic E-state index is 13.2. The topological polar surface area (TPSA) is 140 Å². The van der Waals surface area contributed by atoms with Crippen LogP contribution in [0.4, 0.5) is 5.69 Å². The number of nitrogens with zero attached hydrogens (tertiary/aromatic N) is 4. The molecule has 1 heterocycles. The van der Waals surface area contributed by atoms with Gasteiger partial charge in [0.05, 0.1) is 15.5 Å². The Morgan fingerprint density at radius 1 is 0.814 bits per heavy atom. The van der Waals surface area contributed by atoms with Gasteiger partial charge in [0.15, 0.2) is 0 Å². The Hall–Kier alpha value is -3.51. The van der Waals surface area contributed by atoms with Crippen molar-refractivity contribution in [2.75, 3.05) is 13.6 Å². The third-order valence-electron chi connectivity index (χ3n) is 7.73. The summed E-state index contributed by atoms with van der Waals surface area (Å²) in [7, 11) is -2.55. The van der Waals surface area contributed by atoms with Crippen molar-refractivity contribution in [3.05, 3.63) is 79.6 Å². The SMILES string of the molecule is CCCCCCCCCCCCCCCCN(C)S(=O)(=O)c1ccc(-n2[nH]c(=O)n(-c3ccccc3)c2=O)c([N+](=O)[O-])c1. The first-order chi connectivity index (χ1) is 20.7. The van der Waals surface area contributed by atoms with E-state index in [0.717, 1.165) is 40.6 Å². The predicted octanol–water partition coefficient (Wildman–Crippen LogP) is 6.33. The minimum absolute atomic E-state index is 0.240. The summed E-state index contributed by atoms with van der Waals surface area (Å²) in [6.07, 6.45) is 16.8. The number of unbranched alkanes of at least 4 members (excludes halogenated alkanes) is 13. The fraction of sp³-hybridized carbons (Fsp3) is 0.548. The monoisotopic (exact) mass is 615 g/mol. The van der Waals surface area contributed by atoms with Crippen molar-refractivity contribution < 1.29 is 13.3 Å². The van der Waals surface area contributed by atoms with Gasteiger partial charge in [-0.25, -0.2) is 32.0 Å². The number of aromatic amines is 1. The lowest BCUT2D eigenvalue weighted by molar-refractivity contribution is -0.384.